The summed E-state index contributed by atoms with van der Waals surface area (Å²) in [5.41, 5.74) is 0.791. The second kappa shape index (κ2) is 5.83. The predicted molar refractivity (Wildman–Crippen MR) is 87.2 cm³/mol. The number of piperidine rings is 1. The van der Waals surface area contributed by atoms with Gasteiger partial charge in [0.25, 0.3) is 5.91 Å². The van der Waals surface area contributed by atoms with Crippen molar-refractivity contribution < 1.29 is 4.79 Å². The Labute approximate surface area is 135 Å². The van der Waals surface area contributed by atoms with E-state index in [4.69, 9.17) is 0 Å². The Bertz CT molecular complexity index is 667. The van der Waals surface area contributed by atoms with Crippen molar-refractivity contribution in [2.24, 2.45) is 0 Å². The minimum atomic E-state index is 0.0945. The zero-order valence-electron chi connectivity index (χ0n) is 13.4. The van der Waals surface area contributed by atoms with E-state index in [1.807, 2.05) is 24.2 Å². The predicted octanol–water partition coefficient (Wildman–Crippen LogP) is 2.86. The van der Waals surface area contributed by atoms with Gasteiger partial charge in [-0.25, -0.2) is 4.98 Å². The van der Waals surface area contributed by atoms with E-state index in [9.17, 15) is 4.79 Å². The van der Waals surface area contributed by atoms with Crippen molar-refractivity contribution in [2.75, 3.05) is 13.1 Å². The third kappa shape index (κ3) is 2.79. The molecule has 6 heteroatoms. The van der Waals surface area contributed by atoms with E-state index >= 15 is 0 Å². The normalized spacial score (nSPS) is 17.7. The fourth-order valence-electron chi connectivity index (χ4n) is 2.88. The maximum Gasteiger partial charge on any atom is 0.257 e. The summed E-state index contributed by atoms with van der Waals surface area (Å²) in [6, 6.07) is 0. The molecule has 0 spiro atoms. The summed E-state index contributed by atoms with van der Waals surface area (Å²) < 4.78 is 1.79. The van der Waals surface area contributed by atoms with Crippen LogP contribution in [0.15, 0.2) is 18.6 Å². The molecule has 0 N–H and O–H groups in total. The molecule has 0 aromatic carbocycles. The highest BCUT2D eigenvalue weighted by Gasteiger charge is 2.35. The first-order valence-corrected chi connectivity index (χ1v) is 8.58. The van der Waals surface area contributed by atoms with Crippen molar-refractivity contribution in [3.8, 4) is 0 Å². The monoisotopic (exact) mass is 318 g/mol. The molecule has 1 aliphatic heterocycles. The van der Waals surface area contributed by atoms with E-state index in [1.165, 1.54) is 9.88 Å². The van der Waals surface area contributed by atoms with Gasteiger partial charge in [0.1, 0.15) is 0 Å². The van der Waals surface area contributed by atoms with E-state index in [-0.39, 0.29) is 11.3 Å². The topological polar surface area (TPSA) is 51.0 Å². The van der Waals surface area contributed by atoms with Crippen LogP contribution < -0.4 is 0 Å². The number of carbonyl (C=O) groups is 1. The van der Waals surface area contributed by atoms with Crippen LogP contribution >= 0.6 is 11.3 Å². The lowest BCUT2D eigenvalue weighted by Crippen LogP contribution is -2.43. The van der Waals surface area contributed by atoms with Crippen LogP contribution in [0.3, 0.4) is 0 Å². The molecule has 0 aliphatic carbocycles. The largest absolute Gasteiger partial charge is 0.338 e. The number of likely N-dealkylation sites (tertiary alicyclic amines) is 1. The summed E-state index contributed by atoms with van der Waals surface area (Å²) in [6.45, 7) is 8.73. The first-order valence-electron chi connectivity index (χ1n) is 7.76. The lowest BCUT2D eigenvalue weighted by molar-refractivity contribution is 0.0676. The summed E-state index contributed by atoms with van der Waals surface area (Å²) in [4.78, 5) is 20.3. The summed E-state index contributed by atoms with van der Waals surface area (Å²) in [6.07, 6.45) is 7.38. The van der Waals surface area contributed by atoms with Crippen molar-refractivity contribution in [1.29, 1.82) is 0 Å². The highest BCUT2D eigenvalue weighted by atomic mass is 32.1. The van der Waals surface area contributed by atoms with Gasteiger partial charge in [0.15, 0.2) is 0 Å². The van der Waals surface area contributed by atoms with Gasteiger partial charge in [-0.15, -0.1) is 11.3 Å². The number of hydrogen-bond donors (Lipinski definition) is 0. The molecule has 0 bridgehead atoms. The third-order valence-electron chi connectivity index (χ3n) is 4.50. The lowest BCUT2D eigenvalue weighted by Gasteiger charge is -2.38. The molecule has 5 nitrogen and oxygen atoms in total. The van der Waals surface area contributed by atoms with Gasteiger partial charge in [-0.3, -0.25) is 9.48 Å². The number of aryl methyl sites for hydroxylation is 2. The second-order valence-corrected chi connectivity index (χ2v) is 7.45. The smallest absolute Gasteiger partial charge is 0.257 e. The van der Waals surface area contributed by atoms with Crippen LogP contribution in [0.25, 0.3) is 0 Å². The van der Waals surface area contributed by atoms with Crippen molar-refractivity contribution >= 4 is 17.2 Å². The van der Waals surface area contributed by atoms with Gasteiger partial charge in [-0.05, 0) is 26.7 Å². The Balaban J connectivity index is 1.67. The molecule has 2 aromatic heterocycles. The molecule has 1 saturated heterocycles. The molecule has 3 heterocycles. The Kier molecular flexibility index (Phi) is 4.04. The maximum absolute atomic E-state index is 12.5. The Morgan fingerprint density at radius 3 is 2.64 bits per heavy atom. The highest BCUT2D eigenvalue weighted by Crippen LogP contribution is 2.37. The number of thiazole rings is 1. The van der Waals surface area contributed by atoms with Gasteiger partial charge in [-0.2, -0.15) is 5.10 Å². The maximum atomic E-state index is 12.5. The van der Waals surface area contributed by atoms with Crippen LogP contribution in [0.2, 0.25) is 0 Å². The highest BCUT2D eigenvalue weighted by molar-refractivity contribution is 7.11. The number of hydrogen-bond acceptors (Lipinski definition) is 4. The van der Waals surface area contributed by atoms with Crippen molar-refractivity contribution in [3.63, 3.8) is 0 Å². The molecule has 22 heavy (non-hydrogen) atoms. The van der Waals surface area contributed by atoms with Crippen molar-refractivity contribution in [1.82, 2.24) is 19.7 Å². The number of amides is 1. The van der Waals surface area contributed by atoms with Gasteiger partial charge in [-0.1, -0.05) is 6.92 Å². The van der Waals surface area contributed by atoms with E-state index in [0.717, 1.165) is 32.5 Å². The first kappa shape index (κ1) is 15.2. The quantitative estimate of drug-likeness (QED) is 0.874. The van der Waals surface area contributed by atoms with Gasteiger partial charge in [0, 0.05) is 42.3 Å². The van der Waals surface area contributed by atoms with E-state index in [0.29, 0.717) is 5.56 Å². The molecule has 0 atom stereocenters. The van der Waals surface area contributed by atoms with E-state index < -0.39 is 0 Å². The Hall–Kier alpha value is -1.69. The zero-order valence-corrected chi connectivity index (χ0v) is 14.2. The molecule has 1 amide bonds. The fourth-order valence-corrected chi connectivity index (χ4v) is 3.85. The number of nitrogens with zero attached hydrogens (tertiary/aromatic N) is 4. The minimum absolute atomic E-state index is 0.0945. The average molecular weight is 318 g/mol. The van der Waals surface area contributed by atoms with Crippen molar-refractivity contribution in [3.05, 3.63) is 34.0 Å². The number of rotatable bonds is 3. The summed E-state index contributed by atoms with van der Waals surface area (Å²) >= 11 is 1.78. The van der Waals surface area contributed by atoms with Crippen LogP contribution in [0, 0.1) is 6.92 Å². The Morgan fingerprint density at radius 1 is 1.36 bits per heavy atom. The van der Waals surface area contributed by atoms with Gasteiger partial charge in [0.2, 0.25) is 0 Å². The summed E-state index contributed by atoms with van der Waals surface area (Å²) in [7, 11) is 0. The molecule has 3 rings (SSSR count). The van der Waals surface area contributed by atoms with Crippen LogP contribution in [0.5, 0.6) is 0 Å². The van der Waals surface area contributed by atoms with E-state index in [2.05, 4.69) is 23.9 Å². The van der Waals surface area contributed by atoms with Crippen LogP contribution in [0.1, 0.15) is 46.9 Å². The molecule has 0 unspecified atom stereocenters. The van der Waals surface area contributed by atoms with Crippen LogP contribution in [-0.4, -0.2) is 38.7 Å². The molecule has 1 fully saturated rings. The van der Waals surface area contributed by atoms with Gasteiger partial charge in [0.05, 0.1) is 16.8 Å². The molecular weight excluding hydrogens is 296 g/mol. The lowest BCUT2D eigenvalue weighted by atomic mass is 9.81. The average Bonchev–Trinajstić information content (AvgIpc) is 3.16. The number of carbonyl (C=O) groups excluding carboxylic acids is 1. The van der Waals surface area contributed by atoms with Crippen molar-refractivity contribution in [2.45, 2.75) is 45.6 Å². The molecule has 0 radical (unpaired) electrons. The standard InChI is InChI=1S/C16H22N4OS/c1-4-20-11-13(10-18-20)14(21)19-7-5-16(3,6-8-19)15-17-9-12(2)22-15/h9-11H,4-8H2,1-3H3. The van der Waals surface area contributed by atoms with Gasteiger partial charge < -0.3 is 4.90 Å². The molecule has 0 saturated carbocycles. The molecule has 118 valence electrons. The number of aromatic nitrogens is 3. The van der Waals surface area contributed by atoms with E-state index in [1.54, 1.807) is 22.2 Å². The Morgan fingerprint density at radius 2 is 2.09 bits per heavy atom. The molecule has 1 aliphatic rings. The third-order valence-corrected chi connectivity index (χ3v) is 5.71. The second-order valence-electron chi connectivity index (χ2n) is 6.21. The van der Waals surface area contributed by atoms with Crippen LogP contribution in [0.4, 0.5) is 0 Å². The van der Waals surface area contributed by atoms with Crippen LogP contribution in [-0.2, 0) is 12.0 Å². The molecule has 2 aromatic rings. The molecular formula is C16H22N4OS. The zero-order chi connectivity index (χ0) is 15.7. The summed E-state index contributed by atoms with van der Waals surface area (Å²) in [5.74, 6) is 0.0945. The first-order chi connectivity index (χ1) is 10.5. The fraction of sp³-hybridized carbons (Fsp3) is 0.562. The minimum Gasteiger partial charge on any atom is -0.338 e. The SMILES string of the molecule is CCn1cc(C(=O)N2CCC(C)(c3ncc(C)s3)CC2)cn1. The van der Waals surface area contributed by atoms with Gasteiger partial charge >= 0.3 is 0 Å². The summed E-state index contributed by atoms with van der Waals surface area (Å²) in [5, 5.41) is 5.39.